The Morgan fingerprint density at radius 3 is 1.69 bits per heavy atom. The highest BCUT2D eigenvalue weighted by atomic mass is 14.6. The highest BCUT2D eigenvalue weighted by Gasteiger charge is 2.52. The Hall–Kier alpha value is 0. The molecule has 0 nitrogen and oxygen atoms in total. The van der Waals surface area contributed by atoms with Crippen LogP contribution in [0, 0.1) is 28.6 Å². The smallest absolute Gasteiger partial charge is 0.0274 e. The average molecular weight is 182 g/mol. The SMILES string of the molecule is CC(C)C1CC1C(C)(C)C(C)(C)C. The van der Waals surface area contributed by atoms with E-state index in [1.807, 2.05) is 0 Å². The molecule has 0 spiro atoms. The quantitative estimate of drug-likeness (QED) is 0.595. The summed E-state index contributed by atoms with van der Waals surface area (Å²) >= 11 is 0. The van der Waals surface area contributed by atoms with Gasteiger partial charge in [-0.15, -0.1) is 0 Å². The van der Waals surface area contributed by atoms with Gasteiger partial charge < -0.3 is 0 Å². The van der Waals surface area contributed by atoms with Crippen molar-refractivity contribution >= 4 is 0 Å². The predicted molar refractivity (Wildman–Crippen MR) is 59.7 cm³/mol. The molecule has 0 radical (unpaired) electrons. The molecule has 0 aromatic heterocycles. The Morgan fingerprint density at radius 1 is 1.00 bits per heavy atom. The fourth-order valence-electron chi connectivity index (χ4n) is 2.34. The van der Waals surface area contributed by atoms with E-state index in [4.69, 9.17) is 0 Å². The minimum Gasteiger partial charge on any atom is -0.0625 e. The van der Waals surface area contributed by atoms with Crippen molar-refractivity contribution in [2.45, 2.75) is 54.9 Å². The van der Waals surface area contributed by atoms with Crippen LogP contribution in [-0.4, -0.2) is 0 Å². The fourth-order valence-corrected chi connectivity index (χ4v) is 2.34. The van der Waals surface area contributed by atoms with Crippen molar-refractivity contribution in [3.05, 3.63) is 0 Å². The molecule has 0 saturated heterocycles. The molecule has 1 saturated carbocycles. The van der Waals surface area contributed by atoms with Crippen LogP contribution in [0.2, 0.25) is 0 Å². The van der Waals surface area contributed by atoms with Gasteiger partial charge in [0, 0.05) is 0 Å². The topological polar surface area (TPSA) is 0 Å². The highest BCUT2D eigenvalue weighted by Crippen LogP contribution is 2.60. The maximum atomic E-state index is 2.44. The number of rotatable bonds is 2. The summed E-state index contributed by atoms with van der Waals surface area (Å²) in [5, 5.41) is 0. The van der Waals surface area contributed by atoms with Crippen molar-refractivity contribution in [3.8, 4) is 0 Å². The van der Waals surface area contributed by atoms with Gasteiger partial charge in [0.2, 0.25) is 0 Å². The third-order valence-electron chi connectivity index (χ3n) is 4.56. The van der Waals surface area contributed by atoms with Crippen LogP contribution in [0.15, 0.2) is 0 Å². The molecule has 1 aliphatic carbocycles. The normalized spacial score (nSPS) is 29.5. The molecule has 1 aliphatic rings. The zero-order valence-corrected chi connectivity index (χ0v) is 10.4. The van der Waals surface area contributed by atoms with Gasteiger partial charge in [0.1, 0.15) is 0 Å². The van der Waals surface area contributed by atoms with Gasteiger partial charge in [-0.25, -0.2) is 0 Å². The molecule has 0 heteroatoms. The van der Waals surface area contributed by atoms with Crippen molar-refractivity contribution in [2.24, 2.45) is 28.6 Å². The molecule has 0 aromatic rings. The number of hydrogen-bond acceptors (Lipinski definition) is 0. The third-order valence-corrected chi connectivity index (χ3v) is 4.56. The largest absolute Gasteiger partial charge is 0.0625 e. The van der Waals surface area contributed by atoms with E-state index in [0.717, 1.165) is 17.8 Å². The van der Waals surface area contributed by atoms with Crippen LogP contribution in [0.3, 0.4) is 0 Å². The molecular formula is C13H26. The standard InChI is InChI=1S/C13H26/c1-9(2)10-8-11(10)13(6,7)12(3,4)5/h9-11H,8H2,1-7H3. The van der Waals surface area contributed by atoms with Crippen molar-refractivity contribution in [1.29, 1.82) is 0 Å². The van der Waals surface area contributed by atoms with E-state index in [1.165, 1.54) is 6.42 Å². The Morgan fingerprint density at radius 2 is 1.46 bits per heavy atom. The molecular weight excluding hydrogens is 156 g/mol. The van der Waals surface area contributed by atoms with Gasteiger partial charge >= 0.3 is 0 Å². The van der Waals surface area contributed by atoms with E-state index < -0.39 is 0 Å². The lowest BCUT2D eigenvalue weighted by Crippen LogP contribution is -2.32. The zero-order chi connectivity index (χ0) is 10.4. The zero-order valence-electron chi connectivity index (χ0n) is 10.4. The van der Waals surface area contributed by atoms with Gasteiger partial charge in [0.05, 0.1) is 0 Å². The van der Waals surface area contributed by atoms with Crippen molar-refractivity contribution in [2.75, 3.05) is 0 Å². The second-order valence-electron chi connectivity index (χ2n) is 6.72. The lowest BCUT2D eigenvalue weighted by Gasteiger charge is -2.40. The van der Waals surface area contributed by atoms with Gasteiger partial charge in [-0.1, -0.05) is 48.5 Å². The first-order valence-corrected chi connectivity index (χ1v) is 5.68. The van der Waals surface area contributed by atoms with Crippen LogP contribution >= 0.6 is 0 Å². The molecule has 0 amide bonds. The third kappa shape index (κ3) is 1.92. The minimum atomic E-state index is 0.446. The highest BCUT2D eigenvalue weighted by molar-refractivity contribution is 5.01. The van der Waals surface area contributed by atoms with Gasteiger partial charge in [-0.3, -0.25) is 0 Å². The predicted octanol–water partition coefficient (Wildman–Crippen LogP) is 4.35. The van der Waals surface area contributed by atoms with Gasteiger partial charge in [-0.2, -0.15) is 0 Å². The van der Waals surface area contributed by atoms with E-state index in [-0.39, 0.29) is 0 Å². The van der Waals surface area contributed by atoms with E-state index in [9.17, 15) is 0 Å². The summed E-state index contributed by atoms with van der Waals surface area (Å²) in [6, 6.07) is 0. The summed E-state index contributed by atoms with van der Waals surface area (Å²) in [5.74, 6) is 2.84. The summed E-state index contributed by atoms with van der Waals surface area (Å²) < 4.78 is 0. The van der Waals surface area contributed by atoms with Gasteiger partial charge in [0.25, 0.3) is 0 Å². The first-order valence-electron chi connectivity index (χ1n) is 5.68. The lowest BCUT2D eigenvalue weighted by atomic mass is 9.65. The van der Waals surface area contributed by atoms with Crippen LogP contribution in [0.25, 0.3) is 0 Å². The van der Waals surface area contributed by atoms with E-state index in [0.29, 0.717) is 10.8 Å². The average Bonchev–Trinajstić information content (AvgIpc) is 2.60. The van der Waals surface area contributed by atoms with Crippen LogP contribution in [0.1, 0.15) is 54.9 Å². The molecule has 2 atom stereocenters. The van der Waals surface area contributed by atoms with Crippen LogP contribution in [-0.2, 0) is 0 Å². The van der Waals surface area contributed by atoms with E-state index in [1.54, 1.807) is 0 Å². The first-order chi connectivity index (χ1) is 5.68. The van der Waals surface area contributed by atoms with Crippen molar-refractivity contribution < 1.29 is 0 Å². The maximum absolute atomic E-state index is 2.44. The maximum Gasteiger partial charge on any atom is -0.0274 e. The van der Waals surface area contributed by atoms with Crippen LogP contribution in [0.5, 0.6) is 0 Å². The summed E-state index contributed by atoms with van der Waals surface area (Å²) in [7, 11) is 0. The Balaban J connectivity index is 2.65. The van der Waals surface area contributed by atoms with Crippen molar-refractivity contribution in [1.82, 2.24) is 0 Å². The molecule has 0 heterocycles. The Labute approximate surface area is 84.1 Å². The Kier molecular flexibility index (Phi) is 2.56. The van der Waals surface area contributed by atoms with Gasteiger partial charge in [-0.05, 0) is 35.0 Å². The molecule has 0 bridgehead atoms. The molecule has 78 valence electrons. The number of hydrogen-bond donors (Lipinski definition) is 0. The molecule has 13 heavy (non-hydrogen) atoms. The van der Waals surface area contributed by atoms with E-state index >= 15 is 0 Å². The molecule has 0 aliphatic heterocycles. The minimum absolute atomic E-state index is 0.446. The van der Waals surface area contributed by atoms with Crippen LogP contribution in [0.4, 0.5) is 0 Å². The summed E-state index contributed by atoms with van der Waals surface area (Å²) in [5.41, 5.74) is 0.948. The second-order valence-corrected chi connectivity index (χ2v) is 6.72. The van der Waals surface area contributed by atoms with E-state index in [2.05, 4.69) is 48.5 Å². The molecule has 1 rings (SSSR count). The molecule has 1 fully saturated rings. The van der Waals surface area contributed by atoms with Crippen molar-refractivity contribution in [3.63, 3.8) is 0 Å². The van der Waals surface area contributed by atoms with Gasteiger partial charge in [0.15, 0.2) is 0 Å². The molecule has 0 aromatic carbocycles. The first kappa shape index (κ1) is 11.1. The second kappa shape index (κ2) is 3.00. The summed E-state index contributed by atoms with van der Waals surface area (Å²) in [6.07, 6.45) is 1.46. The lowest BCUT2D eigenvalue weighted by molar-refractivity contribution is 0.0919. The summed E-state index contributed by atoms with van der Waals surface area (Å²) in [4.78, 5) is 0. The Bertz CT molecular complexity index is 181. The van der Waals surface area contributed by atoms with Crippen LogP contribution < -0.4 is 0 Å². The monoisotopic (exact) mass is 182 g/mol. The molecule has 0 N–H and O–H groups in total. The summed E-state index contributed by atoms with van der Waals surface area (Å²) in [6.45, 7) is 16.8. The molecule has 2 unspecified atom stereocenters. The fraction of sp³-hybridized carbons (Fsp3) is 1.00.